The van der Waals surface area contributed by atoms with Gasteiger partial charge in [-0.15, -0.1) is 0 Å². The first kappa shape index (κ1) is 7.09. The first-order valence-electron chi connectivity index (χ1n) is 6.03. The minimum atomic E-state index is 1.06. The molecular weight excluding hydrogens is 156 g/mol. The van der Waals surface area contributed by atoms with E-state index >= 15 is 0 Å². The van der Waals surface area contributed by atoms with Gasteiger partial charge in [0.1, 0.15) is 0 Å². The predicted molar refractivity (Wildman–Crippen MR) is 53.2 cm³/mol. The molecule has 4 rings (SSSR count). The molecule has 70 valence electrons. The standard InChI is InChI=1S/C13H18/c1-7-4-10-6-11(7)13-9-3-2-8(5-9)12(10)13/h2,7,9-13H,3-6H2,1H3. The fourth-order valence-electron chi connectivity index (χ4n) is 5.27. The molecule has 4 aliphatic carbocycles. The molecule has 4 bridgehead atoms. The van der Waals surface area contributed by atoms with Gasteiger partial charge in [0.15, 0.2) is 0 Å². The normalized spacial score (nSPS) is 61.5. The largest absolute Gasteiger partial charge is 0.0847 e. The minimum absolute atomic E-state index is 1.06. The maximum absolute atomic E-state index is 2.58. The highest BCUT2D eigenvalue weighted by atomic mass is 14.6. The van der Waals surface area contributed by atoms with Crippen molar-refractivity contribution in [3.8, 4) is 0 Å². The van der Waals surface area contributed by atoms with E-state index in [1.54, 1.807) is 12.8 Å². The summed E-state index contributed by atoms with van der Waals surface area (Å²) in [6.07, 6.45) is 8.65. The number of allylic oxidation sites excluding steroid dienone is 2. The van der Waals surface area contributed by atoms with E-state index in [1.165, 1.54) is 12.8 Å². The van der Waals surface area contributed by atoms with Crippen molar-refractivity contribution in [2.45, 2.75) is 32.6 Å². The minimum Gasteiger partial charge on any atom is -0.0847 e. The second kappa shape index (κ2) is 2.04. The Morgan fingerprint density at radius 3 is 3.08 bits per heavy atom. The summed E-state index contributed by atoms with van der Waals surface area (Å²) >= 11 is 0. The molecule has 0 amide bonds. The fourth-order valence-corrected chi connectivity index (χ4v) is 5.27. The fraction of sp³-hybridized carbons (Fsp3) is 0.846. The Morgan fingerprint density at radius 2 is 2.15 bits per heavy atom. The Labute approximate surface area is 80.4 Å². The summed E-state index contributed by atoms with van der Waals surface area (Å²) in [5.41, 5.74) is 1.88. The Kier molecular flexibility index (Phi) is 1.11. The topological polar surface area (TPSA) is 0 Å². The lowest BCUT2D eigenvalue weighted by Gasteiger charge is -2.34. The molecule has 0 heteroatoms. The maximum atomic E-state index is 2.58. The van der Waals surface area contributed by atoms with Gasteiger partial charge in [0.05, 0.1) is 0 Å². The summed E-state index contributed by atoms with van der Waals surface area (Å²) in [5, 5.41) is 0. The third kappa shape index (κ3) is 0.671. The molecule has 4 aliphatic rings. The molecular formula is C13H18. The molecule has 0 aromatic carbocycles. The molecule has 0 aromatic rings. The lowest BCUT2D eigenvalue weighted by Crippen LogP contribution is -2.28. The van der Waals surface area contributed by atoms with Crippen LogP contribution in [-0.2, 0) is 0 Å². The summed E-state index contributed by atoms with van der Waals surface area (Å²) in [6, 6.07) is 0. The molecule has 3 saturated carbocycles. The number of rotatable bonds is 0. The lowest BCUT2D eigenvalue weighted by molar-refractivity contribution is 0.166. The van der Waals surface area contributed by atoms with Crippen LogP contribution in [0.5, 0.6) is 0 Å². The van der Waals surface area contributed by atoms with Gasteiger partial charge in [0.25, 0.3) is 0 Å². The molecule has 0 spiro atoms. The number of fused-ring (bicyclic) bond motifs is 9. The third-order valence-electron chi connectivity index (χ3n) is 5.55. The Hall–Kier alpha value is -0.260. The van der Waals surface area contributed by atoms with Gasteiger partial charge >= 0.3 is 0 Å². The van der Waals surface area contributed by atoms with E-state index in [4.69, 9.17) is 0 Å². The van der Waals surface area contributed by atoms with E-state index in [2.05, 4.69) is 13.0 Å². The monoisotopic (exact) mass is 174 g/mol. The molecule has 0 radical (unpaired) electrons. The summed E-state index contributed by atoms with van der Waals surface area (Å²) in [6.45, 7) is 2.50. The highest BCUT2D eigenvalue weighted by molar-refractivity contribution is 5.28. The van der Waals surface area contributed by atoms with Crippen LogP contribution < -0.4 is 0 Å². The zero-order valence-electron chi connectivity index (χ0n) is 8.37. The van der Waals surface area contributed by atoms with Crippen molar-refractivity contribution in [1.82, 2.24) is 0 Å². The molecule has 6 unspecified atom stereocenters. The van der Waals surface area contributed by atoms with Crippen molar-refractivity contribution in [1.29, 1.82) is 0 Å². The van der Waals surface area contributed by atoms with E-state index in [-0.39, 0.29) is 0 Å². The van der Waals surface area contributed by atoms with Crippen LogP contribution in [0.4, 0.5) is 0 Å². The van der Waals surface area contributed by atoms with Crippen LogP contribution in [0.2, 0.25) is 0 Å². The van der Waals surface area contributed by atoms with Crippen molar-refractivity contribution in [3.63, 3.8) is 0 Å². The highest BCUT2D eigenvalue weighted by Gasteiger charge is 2.58. The first-order chi connectivity index (χ1) is 6.34. The van der Waals surface area contributed by atoms with E-state index in [9.17, 15) is 0 Å². The van der Waals surface area contributed by atoms with Gasteiger partial charge in [0, 0.05) is 0 Å². The van der Waals surface area contributed by atoms with Gasteiger partial charge in [-0.1, -0.05) is 18.6 Å². The molecule has 0 aromatic heterocycles. The van der Waals surface area contributed by atoms with Crippen molar-refractivity contribution in [2.75, 3.05) is 0 Å². The van der Waals surface area contributed by atoms with Gasteiger partial charge in [0.2, 0.25) is 0 Å². The third-order valence-corrected chi connectivity index (χ3v) is 5.55. The average Bonchev–Trinajstić information content (AvgIpc) is 2.78. The summed E-state index contributed by atoms with van der Waals surface area (Å²) in [7, 11) is 0. The summed E-state index contributed by atoms with van der Waals surface area (Å²) in [5.74, 6) is 6.63. The SMILES string of the molecule is CC1CC2CC1C1C3CC=C(C3)C21. The van der Waals surface area contributed by atoms with E-state index in [0.29, 0.717) is 0 Å². The zero-order valence-corrected chi connectivity index (χ0v) is 8.37. The quantitative estimate of drug-likeness (QED) is 0.390. The van der Waals surface area contributed by atoms with Crippen molar-refractivity contribution in [2.24, 2.45) is 35.5 Å². The zero-order chi connectivity index (χ0) is 8.58. The second-order valence-corrected chi connectivity index (χ2v) is 5.95. The number of hydrogen-bond donors (Lipinski definition) is 0. The Balaban J connectivity index is 1.80. The average molecular weight is 174 g/mol. The maximum Gasteiger partial charge on any atom is -0.0141 e. The summed E-state index contributed by atoms with van der Waals surface area (Å²) < 4.78 is 0. The van der Waals surface area contributed by atoms with Gasteiger partial charge < -0.3 is 0 Å². The molecule has 0 heterocycles. The first-order valence-corrected chi connectivity index (χ1v) is 6.03. The van der Waals surface area contributed by atoms with Crippen molar-refractivity contribution < 1.29 is 0 Å². The van der Waals surface area contributed by atoms with Crippen LogP contribution >= 0.6 is 0 Å². The van der Waals surface area contributed by atoms with Gasteiger partial charge in [-0.25, -0.2) is 0 Å². The van der Waals surface area contributed by atoms with Crippen LogP contribution in [0, 0.1) is 35.5 Å². The molecule has 0 aliphatic heterocycles. The van der Waals surface area contributed by atoms with E-state index in [1.807, 2.05) is 5.57 Å². The van der Waals surface area contributed by atoms with Crippen LogP contribution in [0.3, 0.4) is 0 Å². The molecule has 0 nitrogen and oxygen atoms in total. The van der Waals surface area contributed by atoms with E-state index in [0.717, 1.165) is 35.5 Å². The van der Waals surface area contributed by atoms with E-state index < -0.39 is 0 Å². The van der Waals surface area contributed by atoms with Gasteiger partial charge in [-0.05, 0) is 61.2 Å². The highest BCUT2D eigenvalue weighted by Crippen LogP contribution is 2.66. The molecule has 3 fully saturated rings. The van der Waals surface area contributed by atoms with Crippen LogP contribution in [-0.4, -0.2) is 0 Å². The Morgan fingerprint density at radius 1 is 1.23 bits per heavy atom. The second-order valence-electron chi connectivity index (χ2n) is 5.95. The van der Waals surface area contributed by atoms with Gasteiger partial charge in [-0.2, -0.15) is 0 Å². The van der Waals surface area contributed by atoms with Crippen molar-refractivity contribution >= 4 is 0 Å². The molecule has 0 N–H and O–H groups in total. The van der Waals surface area contributed by atoms with Gasteiger partial charge in [-0.3, -0.25) is 0 Å². The van der Waals surface area contributed by atoms with Crippen molar-refractivity contribution in [3.05, 3.63) is 11.6 Å². The lowest BCUT2D eigenvalue weighted by atomic mass is 9.70. The predicted octanol–water partition coefficient (Wildman–Crippen LogP) is 3.24. The summed E-state index contributed by atoms with van der Waals surface area (Å²) in [4.78, 5) is 0. The molecule has 13 heavy (non-hydrogen) atoms. The van der Waals surface area contributed by atoms with Crippen LogP contribution in [0.15, 0.2) is 11.6 Å². The number of hydrogen-bond acceptors (Lipinski definition) is 0. The van der Waals surface area contributed by atoms with Crippen LogP contribution in [0.25, 0.3) is 0 Å². The Bertz CT molecular complexity index is 288. The smallest absolute Gasteiger partial charge is 0.0141 e. The molecule has 6 atom stereocenters. The molecule has 0 saturated heterocycles. The van der Waals surface area contributed by atoms with Crippen LogP contribution in [0.1, 0.15) is 32.6 Å².